The van der Waals surface area contributed by atoms with Gasteiger partial charge in [-0.2, -0.15) is 0 Å². The number of fused-ring (bicyclic) bond motifs is 1. The first-order chi connectivity index (χ1) is 14.1. The Balaban J connectivity index is 1.78. The molecule has 6 heteroatoms. The van der Waals surface area contributed by atoms with E-state index in [1.807, 2.05) is 13.8 Å². The van der Waals surface area contributed by atoms with E-state index < -0.39 is 19.7 Å². The number of rotatable bonds is 5. The molecule has 30 heavy (non-hydrogen) atoms. The third kappa shape index (κ3) is 3.72. The summed E-state index contributed by atoms with van der Waals surface area (Å²) < 4.78 is 25.6. The number of hydrogen-bond acceptors (Lipinski definition) is 4. The molecule has 2 saturated heterocycles. The SMILES string of the molecule is CC1(C)O[C@H]2[C@H](Br)OC[C@@]2(CO[Si](c2ccccc2)(c2ccccc2)C(C)(C)C)O1. The topological polar surface area (TPSA) is 36.9 Å². The van der Waals surface area contributed by atoms with E-state index in [2.05, 4.69) is 97.4 Å². The summed E-state index contributed by atoms with van der Waals surface area (Å²) in [5.41, 5.74) is -0.634. The lowest BCUT2D eigenvalue weighted by atomic mass is 10.0. The number of benzene rings is 2. The van der Waals surface area contributed by atoms with Crippen LogP contribution in [0.3, 0.4) is 0 Å². The molecule has 162 valence electrons. The van der Waals surface area contributed by atoms with Crippen molar-refractivity contribution in [2.24, 2.45) is 0 Å². The first-order valence-corrected chi connectivity index (χ1v) is 13.3. The maximum Gasteiger partial charge on any atom is 0.261 e. The number of alkyl halides is 1. The summed E-state index contributed by atoms with van der Waals surface area (Å²) in [6, 6.07) is 21.3. The van der Waals surface area contributed by atoms with Gasteiger partial charge < -0.3 is 18.6 Å². The van der Waals surface area contributed by atoms with Crippen LogP contribution in [0.1, 0.15) is 34.6 Å². The van der Waals surface area contributed by atoms with E-state index in [1.165, 1.54) is 10.4 Å². The first-order valence-electron chi connectivity index (χ1n) is 10.5. The van der Waals surface area contributed by atoms with Gasteiger partial charge in [0.1, 0.15) is 16.7 Å². The Morgan fingerprint density at radius 1 is 1.00 bits per heavy atom. The van der Waals surface area contributed by atoms with E-state index in [0.717, 1.165) is 0 Å². The molecule has 2 fully saturated rings. The Kier molecular flexibility index (Phi) is 5.79. The molecule has 4 nitrogen and oxygen atoms in total. The molecule has 3 atom stereocenters. The van der Waals surface area contributed by atoms with Gasteiger partial charge in [0, 0.05) is 0 Å². The van der Waals surface area contributed by atoms with Gasteiger partial charge in [-0.05, 0) is 29.3 Å². The summed E-state index contributed by atoms with van der Waals surface area (Å²) in [4.78, 5) is 0. The van der Waals surface area contributed by atoms with Gasteiger partial charge in [0.25, 0.3) is 8.32 Å². The second-order valence-corrected chi connectivity index (χ2v) is 14.9. The average Bonchev–Trinajstić information content (AvgIpc) is 3.14. The lowest BCUT2D eigenvalue weighted by Crippen LogP contribution is -2.68. The van der Waals surface area contributed by atoms with Crippen molar-refractivity contribution in [2.75, 3.05) is 13.2 Å². The van der Waals surface area contributed by atoms with Crippen LogP contribution in [0.15, 0.2) is 60.7 Å². The molecule has 0 bridgehead atoms. The molecule has 0 spiro atoms. The van der Waals surface area contributed by atoms with Crippen molar-refractivity contribution in [3.8, 4) is 0 Å². The zero-order valence-corrected chi connectivity index (χ0v) is 20.9. The van der Waals surface area contributed by atoms with Crippen molar-refractivity contribution in [3.63, 3.8) is 0 Å². The number of halogens is 1. The summed E-state index contributed by atoms with van der Waals surface area (Å²) in [7, 11) is -2.66. The highest BCUT2D eigenvalue weighted by Gasteiger charge is 2.62. The molecule has 2 aromatic carbocycles. The Labute approximate surface area is 189 Å². The minimum absolute atomic E-state index is 0.0932. The minimum Gasteiger partial charge on any atom is -0.404 e. The summed E-state index contributed by atoms with van der Waals surface area (Å²) in [5.74, 6) is -0.671. The quantitative estimate of drug-likeness (QED) is 0.464. The van der Waals surface area contributed by atoms with Gasteiger partial charge in [0.05, 0.1) is 13.2 Å². The van der Waals surface area contributed by atoms with E-state index in [0.29, 0.717) is 13.2 Å². The van der Waals surface area contributed by atoms with E-state index in [1.54, 1.807) is 0 Å². The van der Waals surface area contributed by atoms with Crippen molar-refractivity contribution in [1.82, 2.24) is 0 Å². The Hall–Kier alpha value is -1.02. The summed E-state index contributed by atoms with van der Waals surface area (Å²) >= 11 is 3.61. The lowest BCUT2D eigenvalue weighted by Gasteiger charge is -2.44. The summed E-state index contributed by atoms with van der Waals surface area (Å²) in [6.07, 6.45) is -0.217. The highest BCUT2D eigenvalue weighted by atomic mass is 79.9. The van der Waals surface area contributed by atoms with Crippen LogP contribution in [0.5, 0.6) is 0 Å². The highest BCUT2D eigenvalue weighted by molar-refractivity contribution is 9.09. The summed E-state index contributed by atoms with van der Waals surface area (Å²) in [6.45, 7) is 11.6. The Bertz CT molecular complexity index is 828. The molecule has 2 heterocycles. The Morgan fingerprint density at radius 2 is 1.53 bits per heavy atom. The molecule has 0 aromatic heterocycles. The van der Waals surface area contributed by atoms with E-state index in [-0.39, 0.29) is 16.2 Å². The normalized spacial score (nSPS) is 28.5. The fraction of sp³-hybridized carbons (Fsp3) is 0.500. The molecule has 0 aliphatic carbocycles. The van der Waals surface area contributed by atoms with Gasteiger partial charge in [-0.25, -0.2) is 0 Å². The maximum atomic E-state index is 7.13. The molecule has 2 aliphatic heterocycles. The van der Waals surface area contributed by atoms with Gasteiger partial charge in [-0.3, -0.25) is 0 Å². The molecule has 0 unspecified atom stereocenters. The number of ether oxygens (including phenoxy) is 3. The lowest BCUT2D eigenvalue weighted by molar-refractivity contribution is -0.188. The zero-order valence-electron chi connectivity index (χ0n) is 18.4. The smallest absolute Gasteiger partial charge is 0.261 e. The van der Waals surface area contributed by atoms with Crippen molar-refractivity contribution in [1.29, 1.82) is 0 Å². The van der Waals surface area contributed by atoms with Crippen molar-refractivity contribution < 1.29 is 18.6 Å². The van der Waals surface area contributed by atoms with E-state index >= 15 is 0 Å². The molecule has 4 rings (SSSR count). The van der Waals surface area contributed by atoms with Crippen LogP contribution in [-0.2, 0) is 18.6 Å². The Morgan fingerprint density at radius 3 is 2.03 bits per heavy atom. The standard InChI is InChI=1S/C24H31BrO4Si/c1-22(2,3)30(18-12-8-6-9-13-18,19-14-10-7-11-15-19)27-17-24-16-26-21(25)20(24)28-23(4,5)29-24/h6-15,20-21H,16-17H2,1-5H3/t20-,21+,24-/m0/s1. The molecule has 0 radical (unpaired) electrons. The van der Waals surface area contributed by atoms with Crippen molar-refractivity contribution in [3.05, 3.63) is 60.7 Å². The minimum atomic E-state index is -2.66. The monoisotopic (exact) mass is 490 g/mol. The highest BCUT2D eigenvalue weighted by Crippen LogP contribution is 2.46. The first kappa shape index (κ1) is 22.2. The van der Waals surface area contributed by atoms with Crippen LogP contribution in [0.2, 0.25) is 5.04 Å². The predicted octanol–water partition coefficient (Wildman–Crippen LogP) is 4.20. The van der Waals surface area contributed by atoms with Gasteiger partial charge in [-0.1, -0.05) is 97.4 Å². The third-order valence-corrected chi connectivity index (χ3v) is 11.8. The molecule has 0 saturated carbocycles. The van der Waals surface area contributed by atoms with Crippen LogP contribution >= 0.6 is 15.9 Å². The van der Waals surface area contributed by atoms with Gasteiger partial charge in [-0.15, -0.1) is 0 Å². The van der Waals surface area contributed by atoms with E-state index in [4.69, 9.17) is 18.6 Å². The second kappa shape index (κ2) is 7.83. The molecular formula is C24H31BrO4Si. The van der Waals surface area contributed by atoms with E-state index in [9.17, 15) is 0 Å². The van der Waals surface area contributed by atoms with Crippen molar-refractivity contribution >= 4 is 34.6 Å². The number of hydrogen-bond donors (Lipinski definition) is 0. The molecule has 0 N–H and O–H groups in total. The average molecular weight is 491 g/mol. The fourth-order valence-corrected chi connectivity index (χ4v) is 10.2. The van der Waals surface area contributed by atoms with Crippen LogP contribution in [-0.4, -0.2) is 44.0 Å². The van der Waals surface area contributed by atoms with Gasteiger partial charge in [0.15, 0.2) is 5.79 Å². The predicted molar refractivity (Wildman–Crippen MR) is 125 cm³/mol. The van der Waals surface area contributed by atoms with Gasteiger partial charge >= 0.3 is 0 Å². The van der Waals surface area contributed by atoms with Crippen molar-refractivity contribution in [2.45, 2.75) is 62.2 Å². The van der Waals surface area contributed by atoms with Crippen LogP contribution in [0.25, 0.3) is 0 Å². The fourth-order valence-electron chi connectivity index (χ4n) is 4.84. The molecule has 2 aromatic rings. The maximum absolute atomic E-state index is 7.13. The largest absolute Gasteiger partial charge is 0.404 e. The zero-order chi connectivity index (χ0) is 21.6. The van der Waals surface area contributed by atoms with Crippen LogP contribution in [0, 0.1) is 0 Å². The molecule has 2 aliphatic rings. The third-order valence-electron chi connectivity index (χ3n) is 6.05. The second-order valence-electron chi connectivity index (χ2n) is 9.72. The van der Waals surface area contributed by atoms with Crippen LogP contribution in [0.4, 0.5) is 0 Å². The van der Waals surface area contributed by atoms with Gasteiger partial charge in [0.2, 0.25) is 0 Å². The molecular weight excluding hydrogens is 460 g/mol. The molecule has 0 amide bonds. The van der Waals surface area contributed by atoms with Crippen LogP contribution < -0.4 is 10.4 Å². The summed E-state index contributed by atoms with van der Waals surface area (Å²) in [5, 5.41) is 2.21.